The largest absolute Gasteiger partial charge is 0.337 e. The first-order chi connectivity index (χ1) is 13.5. The van der Waals surface area contributed by atoms with Crippen molar-refractivity contribution in [3.63, 3.8) is 0 Å². The molecule has 1 aromatic heterocycles. The minimum atomic E-state index is -4.42. The Bertz CT molecular complexity index is 1270. The van der Waals surface area contributed by atoms with Crippen molar-refractivity contribution in [1.82, 2.24) is 5.16 Å². The Balaban J connectivity index is 1.83. The SMILES string of the molecule is Cc1noc(NS(=O)(=O)c2ccc(NS(=O)(=O)c3cc(F)ccc3F)cc2)c1C. The molecule has 29 heavy (non-hydrogen) atoms. The molecular weight excluding hydrogens is 428 g/mol. The van der Waals surface area contributed by atoms with E-state index in [1.807, 2.05) is 0 Å². The molecule has 0 aliphatic heterocycles. The molecule has 0 amide bonds. The van der Waals surface area contributed by atoms with Gasteiger partial charge in [0.2, 0.25) is 5.88 Å². The zero-order valence-corrected chi connectivity index (χ0v) is 16.7. The number of sulfonamides is 2. The van der Waals surface area contributed by atoms with Gasteiger partial charge in [-0.05, 0) is 56.3 Å². The molecule has 2 aromatic carbocycles. The number of benzene rings is 2. The van der Waals surface area contributed by atoms with E-state index in [0.717, 1.165) is 18.2 Å². The number of rotatable bonds is 6. The van der Waals surface area contributed by atoms with Crippen LogP contribution in [0.1, 0.15) is 11.3 Å². The first kappa shape index (κ1) is 20.7. The fourth-order valence-electron chi connectivity index (χ4n) is 2.29. The molecule has 3 aromatic rings. The number of aromatic nitrogens is 1. The van der Waals surface area contributed by atoms with Gasteiger partial charge in [0, 0.05) is 11.3 Å². The highest BCUT2D eigenvalue weighted by Crippen LogP contribution is 2.24. The van der Waals surface area contributed by atoms with Gasteiger partial charge in [0.15, 0.2) is 0 Å². The predicted molar refractivity (Wildman–Crippen MR) is 100 cm³/mol. The predicted octanol–water partition coefficient (Wildman–Crippen LogP) is 3.17. The van der Waals surface area contributed by atoms with E-state index in [1.165, 1.54) is 12.1 Å². The van der Waals surface area contributed by atoms with Gasteiger partial charge in [-0.15, -0.1) is 0 Å². The number of hydrogen-bond donors (Lipinski definition) is 2. The van der Waals surface area contributed by atoms with Crippen LogP contribution in [0, 0.1) is 25.5 Å². The molecule has 0 fully saturated rings. The topological polar surface area (TPSA) is 118 Å². The maximum atomic E-state index is 13.7. The lowest BCUT2D eigenvalue weighted by Crippen LogP contribution is -2.16. The molecule has 0 unspecified atom stereocenters. The van der Waals surface area contributed by atoms with Gasteiger partial charge in [0.25, 0.3) is 20.0 Å². The van der Waals surface area contributed by atoms with E-state index in [-0.39, 0.29) is 16.5 Å². The summed E-state index contributed by atoms with van der Waals surface area (Å²) in [5, 5.41) is 3.65. The molecule has 0 aliphatic rings. The molecule has 0 saturated carbocycles. The van der Waals surface area contributed by atoms with E-state index in [1.54, 1.807) is 13.8 Å². The minimum Gasteiger partial charge on any atom is -0.337 e. The van der Waals surface area contributed by atoms with Crippen molar-refractivity contribution in [2.45, 2.75) is 23.6 Å². The van der Waals surface area contributed by atoms with E-state index < -0.39 is 36.6 Å². The molecule has 0 bridgehead atoms. The number of aryl methyl sites for hydroxylation is 1. The van der Waals surface area contributed by atoms with Crippen LogP contribution in [0.15, 0.2) is 56.8 Å². The quantitative estimate of drug-likeness (QED) is 0.604. The Hall–Kier alpha value is -2.99. The molecule has 0 atom stereocenters. The molecule has 12 heteroatoms. The first-order valence-corrected chi connectivity index (χ1v) is 11.0. The maximum absolute atomic E-state index is 13.7. The van der Waals surface area contributed by atoms with Gasteiger partial charge in [-0.1, -0.05) is 5.16 Å². The van der Waals surface area contributed by atoms with Crippen LogP contribution in [-0.4, -0.2) is 22.0 Å². The van der Waals surface area contributed by atoms with Gasteiger partial charge >= 0.3 is 0 Å². The zero-order chi connectivity index (χ0) is 21.4. The van der Waals surface area contributed by atoms with Crippen LogP contribution in [0.5, 0.6) is 0 Å². The molecule has 154 valence electrons. The molecule has 1 heterocycles. The lowest BCUT2D eigenvalue weighted by Gasteiger charge is -2.10. The van der Waals surface area contributed by atoms with Gasteiger partial charge in [-0.25, -0.2) is 30.3 Å². The third kappa shape index (κ3) is 4.38. The van der Waals surface area contributed by atoms with Gasteiger partial charge in [-0.2, -0.15) is 0 Å². The Kier molecular flexibility index (Phi) is 5.32. The summed E-state index contributed by atoms with van der Waals surface area (Å²) in [6, 6.07) is 6.64. The van der Waals surface area contributed by atoms with E-state index in [4.69, 9.17) is 4.52 Å². The molecule has 3 rings (SSSR count). The normalized spacial score (nSPS) is 12.0. The summed E-state index contributed by atoms with van der Waals surface area (Å²) in [5.41, 5.74) is 1.01. The van der Waals surface area contributed by atoms with Gasteiger partial charge < -0.3 is 4.52 Å². The average Bonchev–Trinajstić information content (AvgIpc) is 2.95. The second kappa shape index (κ2) is 7.44. The van der Waals surface area contributed by atoms with E-state index in [2.05, 4.69) is 14.6 Å². The smallest absolute Gasteiger partial charge is 0.264 e. The van der Waals surface area contributed by atoms with Crippen LogP contribution in [0.25, 0.3) is 0 Å². The highest BCUT2D eigenvalue weighted by molar-refractivity contribution is 7.93. The van der Waals surface area contributed by atoms with E-state index >= 15 is 0 Å². The van der Waals surface area contributed by atoms with E-state index in [9.17, 15) is 25.6 Å². The van der Waals surface area contributed by atoms with Crippen molar-refractivity contribution < 1.29 is 30.1 Å². The maximum Gasteiger partial charge on any atom is 0.264 e. The third-order valence-electron chi connectivity index (χ3n) is 3.98. The van der Waals surface area contributed by atoms with Crippen LogP contribution in [0.4, 0.5) is 20.4 Å². The molecule has 2 N–H and O–H groups in total. The minimum absolute atomic E-state index is 0.0335. The number of halogens is 2. The summed E-state index contributed by atoms with van der Waals surface area (Å²) in [5.74, 6) is -2.08. The summed E-state index contributed by atoms with van der Waals surface area (Å²) in [6.07, 6.45) is 0. The third-order valence-corrected chi connectivity index (χ3v) is 6.73. The zero-order valence-electron chi connectivity index (χ0n) is 15.1. The average molecular weight is 443 g/mol. The lowest BCUT2D eigenvalue weighted by molar-refractivity contribution is 0.430. The van der Waals surface area contributed by atoms with Gasteiger partial charge in [0.1, 0.15) is 16.5 Å². The molecule has 0 spiro atoms. The van der Waals surface area contributed by atoms with Crippen molar-refractivity contribution in [2.24, 2.45) is 0 Å². The van der Waals surface area contributed by atoms with Gasteiger partial charge in [-0.3, -0.25) is 4.72 Å². The molecule has 0 radical (unpaired) electrons. The lowest BCUT2D eigenvalue weighted by atomic mass is 10.3. The monoisotopic (exact) mass is 443 g/mol. The summed E-state index contributed by atoms with van der Waals surface area (Å²) < 4.78 is 85.6. The van der Waals surface area contributed by atoms with Crippen LogP contribution < -0.4 is 9.44 Å². The fourth-order valence-corrected chi connectivity index (χ4v) is 4.48. The Morgan fingerprint density at radius 3 is 2.14 bits per heavy atom. The Morgan fingerprint density at radius 2 is 1.55 bits per heavy atom. The number of nitrogens with zero attached hydrogens (tertiary/aromatic N) is 1. The summed E-state index contributed by atoms with van der Waals surface area (Å²) in [6.45, 7) is 3.28. The van der Waals surface area contributed by atoms with Crippen molar-refractivity contribution in [3.8, 4) is 0 Å². The summed E-state index contributed by atoms with van der Waals surface area (Å²) >= 11 is 0. The number of hydrogen-bond acceptors (Lipinski definition) is 6. The van der Waals surface area contributed by atoms with Crippen molar-refractivity contribution in [3.05, 3.63) is 65.4 Å². The molecule has 8 nitrogen and oxygen atoms in total. The summed E-state index contributed by atoms with van der Waals surface area (Å²) in [4.78, 5) is -1.04. The van der Waals surface area contributed by atoms with Gasteiger partial charge in [0.05, 0.1) is 10.6 Å². The molecular formula is C17H15F2N3O5S2. The Morgan fingerprint density at radius 1 is 0.897 bits per heavy atom. The second-order valence-corrected chi connectivity index (χ2v) is 9.37. The second-order valence-electron chi connectivity index (χ2n) is 6.03. The number of anilines is 2. The van der Waals surface area contributed by atoms with Crippen molar-refractivity contribution >= 4 is 31.6 Å². The number of nitrogens with one attached hydrogen (secondary N) is 2. The highest BCUT2D eigenvalue weighted by Gasteiger charge is 2.22. The van der Waals surface area contributed by atoms with Crippen molar-refractivity contribution in [1.29, 1.82) is 0 Å². The molecule has 0 aliphatic carbocycles. The fraction of sp³-hybridized carbons (Fsp3) is 0.118. The van der Waals surface area contributed by atoms with Crippen LogP contribution in [0.2, 0.25) is 0 Å². The first-order valence-electron chi connectivity index (χ1n) is 8.03. The van der Waals surface area contributed by atoms with Crippen LogP contribution >= 0.6 is 0 Å². The Labute approximate surface area is 165 Å². The molecule has 0 saturated heterocycles. The highest BCUT2D eigenvalue weighted by atomic mass is 32.2. The van der Waals surface area contributed by atoms with E-state index in [0.29, 0.717) is 23.4 Å². The summed E-state index contributed by atoms with van der Waals surface area (Å²) in [7, 11) is -8.44. The standard InChI is InChI=1S/C17H15F2N3O5S2/c1-10-11(2)20-27-17(10)22-28(23,24)14-6-4-13(5-7-14)21-29(25,26)16-9-12(18)3-8-15(16)19/h3-9,21-22H,1-2H3. The van der Waals surface area contributed by atoms with Crippen LogP contribution in [0.3, 0.4) is 0 Å². The van der Waals surface area contributed by atoms with Crippen molar-refractivity contribution in [2.75, 3.05) is 9.44 Å². The van der Waals surface area contributed by atoms with Crippen LogP contribution in [-0.2, 0) is 20.0 Å².